The van der Waals surface area contributed by atoms with E-state index in [1.54, 1.807) is 0 Å². The number of benzene rings is 1. The number of fused-ring (bicyclic) bond motifs is 1. The number of rotatable bonds is 2. The quantitative estimate of drug-likeness (QED) is 0.876. The van der Waals surface area contributed by atoms with Crippen molar-refractivity contribution in [1.29, 1.82) is 0 Å². The highest BCUT2D eigenvalue weighted by Crippen LogP contribution is 2.31. The standard InChI is InChI=1S/C15H20N2O3/c16-8-11-4-3-7-17(9-11)15(18)14-10-19-12-5-1-2-6-13(12)20-14/h1-2,5-6,11,14H,3-4,7-10,16H2/t11-,14+/m1/s1. The highest BCUT2D eigenvalue weighted by molar-refractivity contribution is 5.82. The fourth-order valence-corrected chi connectivity index (χ4v) is 2.80. The number of hydrogen-bond donors (Lipinski definition) is 1. The van der Waals surface area contributed by atoms with Gasteiger partial charge in [-0.3, -0.25) is 4.79 Å². The first-order valence-electron chi connectivity index (χ1n) is 7.15. The Bertz CT molecular complexity index is 492. The molecule has 0 saturated carbocycles. The first-order chi connectivity index (χ1) is 9.78. The summed E-state index contributed by atoms with van der Waals surface area (Å²) in [5, 5.41) is 0. The average Bonchev–Trinajstić information content (AvgIpc) is 2.53. The first kappa shape index (κ1) is 13.2. The van der Waals surface area contributed by atoms with Crippen LogP contribution in [-0.4, -0.2) is 43.2 Å². The van der Waals surface area contributed by atoms with Crippen LogP contribution in [0.1, 0.15) is 12.8 Å². The Hall–Kier alpha value is -1.75. The zero-order valence-electron chi connectivity index (χ0n) is 11.5. The third-order valence-corrected chi connectivity index (χ3v) is 3.95. The lowest BCUT2D eigenvalue weighted by Gasteiger charge is -2.35. The molecule has 1 aromatic carbocycles. The molecule has 5 nitrogen and oxygen atoms in total. The minimum atomic E-state index is -0.540. The van der Waals surface area contributed by atoms with E-state index in [2.05, 4.69) is 0 Å². The molecule has 2 atom stereocenters. The molecule has 1 saturated heterocycles. The van der Waals surface area contributed by atoms with Gasteiger partial charge in [0.1, 0.15) is 6.61 Å². The molecule has 2 aliphatic heterocycles. The van der Waals surface area contributed by atoms with Crippen LogP contribution in [0.4, 0.5) is 0 Å². The fourth-order valence-electron chi connectivity index (χ4n) is 2.80. The topological polar surface area (TPSA) is 64.8 Å². The minimum Gasteiger partial charge on any atom is -0.485 e. The van der Waals surface area contributed by atoms with Gasteiger partial charge in [0.15, 0.2) is 11.5 Å². The third-order valence-electron chi connectivity index (χ3n) is 3.95. The third kappa shape index (κ3) is 2.58. The van der Waals surface area contributed by atoms with Crippen molar-refractivity contribution in [2.45, 2.75) is 18.9 Å². The van der Waals surface area contributed by atoms with Crippen LogP contribution < -0.4 is 15.2 Å². The van der Waals surface area contributed by atoms with Crippen LogP contribution >= 0.6 is 0 Å². The molecule has 1 aromatic rings. The molecule has 0 bridgehead atoms. The largest absolute Gasteiger partial charge is 0.485 e. The Morgan fingerprint density at radius 2 is 2.15 bits per heavy atom. The Balaban J connectivity index is 1.67. The molecule has 20 heavy (non-hydrogen) atoms. The van der Waals surface area contributed by atoms with E-state index in [1.165, 1.54) is 0 Å². The van der Waals surface area contributed by atoms with E-state index in [4.69, 9.17) is 15.2 Å². The van der Waals surface area contributed by atoms with Gasteiger partial charge >= 0.3 is 0 Å². The van der Waals surface area contributed by atoms with Crippen molar-refractivity contribution in [1.82, 2.24) is 4.90 Å². The number of carbonyl (C=O) groups is 1. The Morgan fingerprint density at radius 3 is 2.95 bits per heavy atom. The maximum atomic E-state index is 12.5. The summed E-state index contributed by atoms with van der Waals surface area (Å²) in [5.41, 5.74) is 5.71. The molecule has 2 aliphatic rings. The second kappa shape index (κ2) is 5.71. The molecule has 3 rings (SSSR count). The summed E-state index contributed by atoms with van der Waals surface area (Å²) in [6.07, 6.45) is 1.57. The molecule has 0 aromatic heterocycles. The van der Waals surface area contributed by atoms with Gasteiger partial charge < -0.3 is 20.1 Å². The number of amides is 1. The molecule has 0 aliphatic carbocycles. The Morgan fingerprint density at radius 1 is 1.35 bits per heavy atom. The zero-order valence-corrected chi connectivity index (χ0v) is 11.5. The SMILES string of the molecule is NC[C@H]1CCCN(C(=O)[C@@H]2COc3ccccc3O2)C1. The van der Waals surface area contributed by atoms with Crippen LogP contribution in [0.3, 0.4) is 0 Å². The van der Waals surface area contributed by atoms with Crippen molar-refractivity contribution in [2.24, 2.45) is 11.7 Å². The summed E-state index contributed by atoms with van der Waals surface area (Å²) in [6.45, 7) is 2.43. The molecule has 2 N–H and O–H groups in total. The second-order valence-electron chi connectivity index (χ2n) is 5.39. The highest BCUT2D eigenvalue weighted by atomic mass is 16.6. The average molecular weight is 276 g/mol. The molecule has 0 spiro atoms. The van der Waals surface area contributed by atoms with Gasteiger partial charge in [0, 0.05) is 13.1 Å². The molecule has 1 amide bonds. The predicted octanol–water partition coefficient (Wildman–Crippen LogP) is 1.02. The van der Waals surface area contributed by atoms with E-state index in [0.717, 1.165) is 25.9 Å². The van der Waals surface area contributed by atoms with E-state index in [0.29, 0.717) is 24.0 Å². The van der Waals surface area contributed by atoms with Gasteiger partial charge in [0.2, 0.25) is 6.10 Å². The molecule has 2 heterocycles. The number of para-hydroxylation sites is 2. The summed E-state index contributed by atoms with van der Waals surface area (Å²) < 4.78 is 11.4. The zero-order chi connectivity index (χ0) is 13.9. The normalized spacial score (nSPS) is 25.4. The van der Waals surface area contributed by atoms with E-state index in [-0.39, 0.29) is 12.5 Å². The lowest BCUT2D eigenvalue weighted by Crippen LogP contribution is -2.50. The van der Waals surface area contributed by atoms with Crippen molar-refractivity contribution in [3.05, 3.63) is 24.3 Å². The van der Waals surface area contributed by atoms with Crippen LogP contribution in [0, 0.1) is 5.92 Å². The number of likely N-dealkylation sites (tertiary alicyclic amines) is 1. The van der Waals surface area contributed by atoms with Gasteiger partial charge in [0.05, 0.1) is 0 Å². The van der Waals surface area contributed by atoms with E-state index in [1.807, 2.05) is 29.2 Å². The van der Waals surface area contributed by atoms with Gasteiger partial charge in [-0.25, -0.2) is 0 Å². The number of hydrogen-bond acceptors (Lipinski definition) is 4. The van der Waals surface area contributed by atoms with Crippen LogP contribution in [0.15, 0.2) is 24.3 Å². The number of carbonyl (C=O) groups excluding carboxylic acids is 1. The summed E-state index contributed by atoms with van der Waals surface area (Å²) in [7, 11) is 0. The molecule has 108 valence electrons. The number of piperidine rings is 1. The van der Waals surface area contributed by atoms with Gasteiger partial charge in [-0.1, -0.05) is 12.1 Å². The van der Waals surface area contributed by atoms with Gasteiger partial charge in [-0.15, -0.1) is 0 Å². The molecule has 5 heteroatoms. The monoisotopic (exact) mass is 276 g/mol. The summed E-state index contributed by atoms with van der Waals surface area (Å²) in [6, 6.07) is 7.44. The van der Waals surface area contributed by atoms with Crippen LogP contribution in [0.25, 0.3) is 0 Å². The van der Waals surface area contributed by atoms with Gasteiger partial charge in [-0.2, -0.15) is 0 Å². The Kier molecular flexibility index (Phi) is 3.78. The fraction of sp³-hybridized carbons (Fsp3) is 0.533. The molecular formula is C15H20N2O3. The summed E-state index contributed by atoms with van der Waals surface area (Å²) >= 11 is 0. The van der Waals surface area contributed by atoms with Crippen molar-refractivity contribution in [2.75, 3.05) is 26.2 Å². The van der Waals surface area contributed by atoms with Crippen molar-refractivity contribution in [3.63, 3.8) is 0 Å². The molecule has 0 radical (unpaired) electrons. The number of ether oxygens (including phenoxy) is 2. The second-order valence-corrected chi connectivity index (χ2v) is 5.39. The Labute approximate surface area is 118 Å². The van der Waals surface area contributed by atoms with Crippen LogP contribution in [0.5, 0.6) is 11.5 Å². The number of nitrogens with two attached hydrogens (primary N) is 1. The van der Waals surface area contributed by atoms with E-state index < -0.39 is 6.10 Å². The van der Waals surface area contributed by atoms with Crippen molar-refractivity contribution in [3.8, 4) is 11.5 Å². The van der Waals surface area contributed by atoms with Gasteiger partial charge in [0.25, 0.3) is 5.91 Å². The van der Waals surface area contributed by atoms with Crippen molar-refractivity contribution >= 4 is 5.91 Å². The maximum absolute atomic E-state index is 12.5. The van der Waals surface area contributed by atoms with Gasteiger partial charge in [-0.05, 0) is 37.4 Å². The van der Waals surface area contributed by atoms with E-state index in [9.17, 15) is 4.79 Å². The lowest BCUT2D eigenvalue weighted by molar-refractivity contribution is -0.143. The lowest BCUT2D eigenvalue weighted by atomic mass is 9.98. The maximum Gasteiger partial charge on any atom is 0.267 e. The first-order valence-corrected chi connectivity index (χ1v) is 7.15. The summed E-state index contributed by atoms with van der Waals surface area (Å²) in [4.78, 5) is 14.4. The molecule has 0 unspecified atom stereocenters. The van der Waals surface area contributed by atoms with E-state index >= 15 is 0 Å². The highest BCUT2D eigenvalue weighted by Gasteiger charge is 2.33. The number of nitrogens with zero attached hydrogens (tertiary/aromatic N) is 1. The minimum absolute atomic E-state index is 0.0117. The molecule has 1 fully saturated rings. The summed E-state index contributed by atoms with van der Waals surface area (Å²) in [5.74, 6) is 1.77. The molecular weight excluding hydrogens is 256 g/mol. The van der Waals surface area contributed by atoms with Crippen LogP contribution in [0.2, 0.25) is 0 Å². The smallest absolute Gasteiger partial charge is 0.267 e. The van der Waals surface area contributed by atoms with Crippen LogP contribution in [-0.2, 0) is 4.79 Å². The predicted molar refractivity (Wildman–Crippen MR) is 74.7 cm³/mol. The van der Waals surface area contributed by atoms with Crippen molar-refractivity contribution < 1.29 is 14.3 Å².